The maximum absolute atomic E-state index is 13.3. The van der Waals surface area contributed by atoms with Crippen molar-refractivity contribution < 1.29 is 9.18 Å². The van der Waals surface area contributed by atoms with Crippen molar-refractivity contribution in [3.8, 4) is 17.2 Å². The van der Waals surface area contributed by atoms with Crippen molar-refractivity contribution in [2.75, 3.05) is 5.32 Å². The van der Waals surface area contributed by atoms with Crippen molar-refractivity contribution in [3.05, 3.63) is 72.1 Å². The number of rotatable bonds is 4. The zero-order chi connectivity index (χ0) is 18.5. The molecule has 0 bridgehead atoms. The summed E-state index contributed by atoms with van der Waals surface area (Å²) >= 11 is 0. The number of halogens is 1. The highest BCUT2D eigenvalue weighted by Gasteiger charge is 2.07. The fourth-order valence-electron chi connectivity index (χ4n) is 2.40. The van der Waals surface area contributed by atoms with Gasteiger partial charge in [0.15, 0.2) is 0 Å². The van der Waals surface area contributed by atoms with Crippen LogP contribution in [0.25, 0.3) is 17.2 Å². The molecule has 0 radical (unpaired) electrons. The van der Waals surface area contributed by atoms with Crippen LogP contribution < -0.4 is 5.32 Å². The monoisotopic (exact) mass is 347 g/mol. The molecule has 2 aromatic heterocycles. The molecule has 2 heterocycles. The third-order valence-electron chi connectivity index (χ3n) is 3.64. The predicted molar refractivity (Wildman–Crippen MR) is 95.2 cm³/mol. The topological polar surface area (TPSA) is 83.6 Å². The van der Waals surface area contributed by atoms with Gasteiger partial charge in [-0.25, -0.2) is 4.39 Å². The Morgan fingerprint density at radius 2 is 2.19 bits per heavy atom. The van der Waals surface area contributed by atoms with Gasteiger partial charge < -0.3 is 5.32 Å². The summed E-state index contributed by atoms with van der Waals surface area (Å²) in [7, 11) is 1.83. The van der Waals surface area contributed by atoms with Crippen LogP contribution in [-0.2, 0) is 11.8 Å². The number of anilines is 1. The van der Waals surface area contributed by atoms with E-state index in [1.807, 2.05) is 19.3 Å². The molecular formula is C19H14FN5O. The minimum Gasteiger partial charge on any atom is -0.322 e. The number of amides is 1. The Kier molecular flexibility index (Phi) is 4.85. The lowest BCUT2D eigenvalue weighted by Gasteiger charge is -2.04. The van der Waals surface area contributed by atoms with E-state index in [2.05, 4.69) is 15.4 Å². The van der Waals surface area contributed by atoms with E-state index in [4.69, 9.17) is 5.26 Å². The summed E-state index contributed by atoms with van der Waals surface area (Å²) in [5, 5.41) is 15.6. The Hall–Kier alpha value is -3.79. The normalized spacial score (nSPS) is 10.7. The molecule has 0 aliphatic carbocycles. The highest BCUT2D eigenvalue weighted by molar-refractivity contribution is 6.02. The van der Waals surface area contributed by atoms with Gasteiger partial charge in [0.2, 0.25) is 5.91 Å². The van der Waals surface area contributed by atoms with Crippen LogP contribution in [-0.4, -0.2) is 20.7 Å². The molecule has 128 valence electrons. The van der Waals surface area contributed by atoms with Gasteiger partial charge in [0, 0.05) is 48.5 Å². The van der Waals surface area contributed by atoms with Crippen LogP contribution in [0.4, 0.5) is 10.1 Å². The largest absolute Gasteiger partial charge is 0.322 e. The molecule has 0 atom stereocenters. The number of nitrogens with one attached hydrogen (secondary N) is 1. The number of hydrogen-bond donors (Lipinski definition) is 1. The second-order valence-corrected chi connectivity index (χ2v) is 5.49. The molecule has 7 heteroatoms. The molecule has 3 rings (SSSR count). The highest BCUT2D eigenvalue weighted by atomic mass is 19.1. The first-order valence-electron chi connectivity index (χ1n) is 7.68. The van der Waals surface area contributed by atoms with Gasteiger partial charge in [-0.3, -0.25) is 14.5 Å². The molecule has 0 aliphatic rings. The van der Waals surface area contributed by atoms with Gasteiger partial charge in [0.1, 0.15) is 11.9 Å². The van der Waals surface area contributed by atoms with E-state index in [1.165, 1.54) is 18.2 Å². The second-order valence-electron chi connectivity index (χ2n) is 5.49. The molecule has 0 aliphatic heterocycles. The lowest BCUT2D eigenvalue weighted by Crippen LogP contribution is -2.08. The first-order chi connectivity index (χ1) is 12.6. The maximum atomic E-state index is 13.3. The van der Waals surface area contributed by atoms with Gasteiger partial charge in [-0.05, 0) is 35.9 Å². The average molecular weight is 347 g/mol. The van der Waals surface area contributed by atoms with Crippen LogP contribution in [0.15, 0.2) is 55.1 Å². The Labute approximate surface area is 149 Å². The lowest BCUT2D eigenvalue weighted by atomic mass is 10.0. The number of carbonyl (C=O) groups is 1. The number of nitrogens with zero attached hydrogens (tertiary/aromatic N) is 4. The molecule has 1 N–H and O–H groups in total. The van der Waals surface area contributed by atoms with Gasteiger partial charge in [-0.1, -0.05) is 0 Å². The van der Waals surface area contributed by atoms with Gasteiger partial charge in [-0.15, -0.1) is 0 Å². The van der Waals surface area contributed by atoms with Crippen LogP contribution in [0.5, 0.6) is 0 Å². The number of nitriles is 1. The van der Waals surface area contributed by atoms with Gasteiger partial charge in [0.25, 0.3) is 0 Å². The molecule has 26 heavy (non-hydrogen) atoms. The van der Waals surface area contributed by atoms with Crippen molar-refractivity contribution in [2.45, 2.75) is 0 Å². The fourth-order valence-corrected chi connectivity index (χ4v) is 2.40. The van der Waals surface area contributed by atoms with E-state index < -0.39 is 11.7 Å². The lowest BCUT2D eigenvalue weighted by molar-refractivity contribution is -0.111. The van der Waals surface area contributed by atoms with Crippen LogP contribution in [0.3, 0.4) is 0 Å². The fraction of sp³-hybridized carbons (Fsp3) is 0.0526. The zero-order valence-electron chi connectivity index (χ0n) is 13.8. The summed E-state index contributed by atoms with van der Waals surface area (Å²) in [6.07, 6.45) is 9.91. The van der Waals surface area contributed by atoms with Crippen LogP contribution in [0, 0.1) is 17.1 Å². The average Bonchev–Trinajstić information content (AvgIpc) is 3.08. The predicted octanol–water partition coefficient (Wildman–Crippen LogP) is 3.14. The molecule has 0 saturated carbocycles. The molecule has 1 aromatic carbocycles. The Morgan fingerprint density at radius 1 is 1.35 bits per heavy atom. The maximum Gasteiger partial charge on any atom is 0.248 e. The Balaban J connectivity index is 1.78. The van der Waals surface area contributed by atoms with E-state index in [0.29, 0.717) is 5.69 Å². The van der Waals surface area contributed by atoms with E-state index in [1.54, 1.807) is 35.4 Å². The third kappa shape index (κ3) is 3.82. The van der Waals surface area contributed by atoms with Gasteiger partial charge in [-0.2, -0.15) is 10.4 Å². The van der Waals surface area contributed by atoms with Crippen molar-refractivity contribution in [2.24, 2.45) is 7.05 Å². The number of pyridine rings is 1. The number of benzene rings is 1. The zero-order valence-corrected chi connectivity index (χ0v) is 13.8. The van der Waals surface area contributed by atoms with Gasteiger partial charge >= 0.3 is 0 Å². The molecular weight excluding hydrogens is 333 g/mol. The van der Waals surface area contributed by atoms with E-state index >= 15 is 0 Å². The molecule has 1 amide bonds. The van der Waals surface area contributed by atoms with E-state index in [-0.39, 0.29) is 5.56 Å². The van der Waals surface area contributed by atoms with Crippen LogP contribution in [0.1, 0.15) is 11.1 Å². The Bertz CT molecular complexity index is 1030. The molecule has 0 fully saturated rings. The summed E-state index contributed by atoms with van der Waals surface area (Å²) in [6, 6.07) is 7.39. The summed E-state index contributed by atoms with van der Waals surface area (Å²) in [5.41, 5.74) is 2.78. The van der Waals surface area contributed by atoms with Crippen LogP contribution in [0.2, 0.25) is 0 Å². The first-order valence-corrected chi connectivity index (χ1v) is 7.68. The number of aryl methyl sites for hydroxylation is 1. The Morgan fingerprint density at radius 3 is 2.92 bits per heavy atom. The quantitative estimate of drug-likeness (QED) is 0.735. The van der Waals surface area contributed by atoms with Crippen molar-refractivity contribution in [3.63, 3.8) is 0 Å². The van der Waals surface area contributed by atoms with Crippen molar-refractivity contribution in [1.29, 1.82) is 5.26 Å². The number of hydrogen-bond acceptors (Lipinski definition) is 4. The third-order valence-corrected chi connectivity index (χ3v) is 3.64. The minimum absolute atomic E-state index is 0.127. The molecule has 0 spiro atoms. The summed E-state index contributed by atoms with van der Waals surface area (Å²) in [4.78, 5) is 16.2. The molecule has 0 saturated heterocycles. The SMILES string of the molecule is Cn1cc(-c2ccncc2/C=C/C(=O)Nc2ccc(F)c(C#N)c2)cn1. The smallest absolute Gasteiger partial charge is 0.248 e. The minimum atomic E-state index is -0.627. The van der Waals surface area contributed by atoms with E-state index in [9.17, 15) is 9.18 Å². The molecule has 3 aromatic rings. The van der Waals surface area contributed by atoms with Gasteiger partial charge in [0.05, 0.1) is 11.8 Å². The number of aromatic nitrogens is 3. The van der Waals surface area contributed by atoms with Crippen molar-refractivity contribution in [1.82, 2.24) is 14.8 Å². The summed E-state index contributed by atoms with van der Waals surface area (Å²) < 4.78 is 15.0. The first kappa shape index (κ1) is 17.0. The molecule has 6 nitrogen and oxygen atoms in total. The summed E-state index contributed by atoms with van der Waals surface area (Å²) in [6.45, 7) is 0. The molecule has 0 unspecified atom stereocenters. The van der Waals surface area contributed by atoms with E-state index in [0.717, 1.165) is 22.8 Å². The van der Waals surface area contributed by atoms with Crippen molar-refractivity contribution >= 4 is 17.7 Å². The summed E-state index contributed by atoms with van der Waals surface area (Å²) in [5.74, 6) is -1.03. The highest BCUT2D eigenvalue weighted by Crippen LogP contribution is 2.23. The van der Waals surface area contributed by atoms with Crippen LogP contribution >= 0.6 is 0 Å². The standard InChI is InChI=1S/C19H14FN5O/c1-25-12-15(11-23-25)17-6-7-22-10-13(17)2-5-19(26)24-16-3-4-18(20)14(8-16)9-21/h2-8,10-12H,1H3,(H,24,26)/b5-2+. The second kappa shape index (κ2) is 7.40. The number of carbonyl (C=O) groups excluding carboxylic acids is 1.